The Morgan fingerprint density at radius 1 is 1.12 bits per heavy atom. The van der Waals surface area contributed by atoms with E-state index in [1.807, 2.05) is 6.20 Å². The summed E-state index contributed by atoms with van der Waals surface area (Å²) in [6.07, 6.45) is 8.86. The van der Waals surface area contributed by atoms with Gasteiger partial charge in [0.05, 0.1) is 17.6 Å². The molecule has 1 aliphatic carbocycles. The second-order valence-corrected chi connectivity index (χ2v) is 5.24. The average Bonchev–Trinajstić information content (AvgIpc) is 2.90. The van der Waals surface area contributed by atoms with E-state index in [0.717, 1.165) is 32.1 Å². The molecule has 2 N–H and O–H groups in total. The molecule has 0 atom stereocenters. The average molecular weight is 234 g/mol. The molecule has 1 saturated carbocycles. The largest absolute Gasteiger partial charge is 0.366 e. The number of hydrogen-bond acceptors (Lipinski definition) is 3. The predicted octanol–water partition coefficient (Wildman–Crippen LogP) is 1.87. The van der Waals surface area contributed by atoms with Crippen LogP contribution in [0, 0.1) is 0 Å². The Balaban J connectivity index is 1.77. The molecule has 0 radical (unpaired) electrons. The highest BCUT2D eigenvalue weighted by Gasteiger charge is 2.23. The van der Waals surface area contributed by atoms with E-state index < -0.39 is 0 Å². The lowest BCUT2D eigenvalue weighted by Gasteiger charge is -2.31. The van der Waals surface area contributed by atoms with Crippen LogP contribution >= 0.6 is 0 Å². The standard InChI is InChI=1S/C13H22N4/c1-2-4-11(5-3-1)13-12(10-15-16-13)17-8-6-14-7-9-17/h10-11,14H,1-9H2,(H,15,16). The monoisotopic (exact) mass is 234 g/mol. The molecule has 1 saturated heterocycles. The van der Waals surface area contributed by atoms with Crippen molar-refractivity contribution in [3.63, 3.8) is 0 Å². The molecule has 1 aliphatic heterocycles. The summed E-state index contributed by atoms with van der Waals surface area (Å²) in [4.78, 5) is 2.48. The van der Waals surface area contributed by atoms with Gasteiger partial charge in [-0.25, -0.2) is 0 Å². The van der Waals surface area contributed by atoms with E-state index in [2.05, 4.69) is 20.4 Å². The molecule has 3 rings (SSSR count). The van der Waals surface area contributed by atoms with Gasteiger partial charge in [-0.1, -0.05) is 19.3 Å². The number of rotatable bonds is 2. The van der Waals surface area contributed by atoms with Crippen LogP contribution in [0.15, 0.2) is 6.20 Å². The molecular formula is C13H22N4. The van der Waals surface area contributed by atoms with Gasteiger partial charge < -0.3 is 10.2 Å². The lowest BCUT2D eigenvalue weighted by atomic mass is 9.86. The molecule has 94 valence electrons. The second kappa shape index (κ2) is 5.08. The van der Waals surface area contributed by atoms with Crippen LogP contribution in [-0.4, -0.2) is 36.4 Å². The maximum atomic E-state index is 4.29. The zero-order chi connectivity index (χ0) is 11.5. The normalized spacial score (nSPS) is 22.9. The topological polar surface area (TPSA) is 44.0 Å². The zero-order valence-electron chi connectivity index (χ0n) is 10.4. The molecule has 2 fully saturated rings. The van der Waals surface area contributed by atoms with Gasteiger partial charge in [0.25, 0.3) is 0 Å². The molecule has 0 unspecified atom stereocenters. The molecular weight excluding hydrogens is 212 g/mol. The van der Waals surface area contributed by atoms with E-state index in [0.29, 0.717) is 0 Å². The summed E-state index contributed by atoms with van der Waals surface area (Å²) in [6.45, 7) is 4.41. The van der Waals surface area contributed by atoms with Crippen molar-refractivity contribution in [3.05, 3.63) is 11.9 Å². The van der Waals surface area contributed by atoms with Crippen LogP contribution in [0.2, 0.25) is 0 Å². The molecule has 1 aromatic rings. The van der Waals surface area contributed by atoms with Crippen molar-refractivity contribution in [1.29, 1.82) is 0 Å². The van der Waals surface area contributed by atoms with Gasteiger partial charge >= 0.3 is 0 Å². The number of nitrogens with one attached hydrogen (secondary N) is 2. The first-order valence-electron chi connectivity index (χ1n) is 6.94. The van der Waals surface area contributed by atoms with Gasteiger partial charge in [0.2, 0.25) is 0 Å². The third-order valence-corrected chi connectivity index (χ3v) is 4.12. The molecule has 17 heavy (non-hydrogen) atoms. The quantitative estimate of drug-likeness (QED) is 0.821. The fourth-order valence-corrected chi connectivity index (χ4v) is 3.14. The van der Waals surface area contributed by atoms with Gasteiger partial charge in [-0.2, -0.15) is 5.10 Å². The van der Waals surface area contributed by atoms with Gasteiger partial charge in [0.15, 0.2) is 0 Å². The highest BCUT2D eigenvalue weighted by atomic mass is 15.2. The number of aromatic nitrogens is 2. The van der Waals surface area contributed by atoms with Crippen LogP contribution in [0.1, 0.15) is 43.7 Å². The Morgan fingerprint density at radius 2 is 1.88 bits per heavy atom. The molecule has 0 aromatic carbocycles. The molecule has 1 aromatic heterocycles. The molecule has 0 bridgehead atoms. The van der Waals surface area contributed by atoms with Crippen LogP contribution < -0.4 is 10.2 Å². The van der Waals surface area contributed by atoms with Crippen LogP contribution in [0.5, 0.6) is 0 Å². The smallest absolute Gasteiger partial charge is 0.0786 e. The molecule has 0 spiro atoms. The SMILES string of the molecule is c1n[nH]c(C2CCCCC2)c1N1CCNCC1. The Kier molecular flexibility index (Phi) is 3.31. The first-order valence-corrected chi connectivity index (χ1v) is 6.94. The van der Waals surface area contributed by atoms with Crippen LogP contribution in [-0.2, 0) is 0 Å². The number of nitrogens with zero attached hydrogens (tertiary/aromatic N) is 2. The van der Waals surface area contributed by atoms with Gasteiger partial charge in [-0.15, -0.1) is 0 Å². The van der Waals surface area contributed by atoms with Gasteiger partial charge in [-0.3, -0.25) is 5.10 Å². The van der Waals surface area contributed by atoms with Crippen molar-refractivity contribution in [2.75, 3.05) is 31.1 Å². The molecule has 2 aliphatic rings. The summed E-state index contributed by atoms with van der Waals surface area (Å²) < 4.78 is 0. The van der Waals surface area contributed by atoms with E-state index in [1.54, 1.807) is 0 Å². The van der Waals surface area contributed by atoms with Crippen molar-refractivity contribution < 1.29 is 0 Å². The number of aromatic amines is 1. The lowest BCUT2D eigenvalue weighted by Crippen LogP contribution is -2.43. The highest BCUT2D eigenvalue weighted by molar-refractivity contribution is 5.51. The number of piperazine rings is 1. The Morgan fingerprint density at radius 3 is 2.65 bits per heavy atom. The third kappa shape index (κ3) is 2.32. The Labute approximate surface area is 103 Å². The van der Waals surface area contributed by atoms with E-state index in [4.69, 9.17) is 0 Å². The third-order valence-electron chi connectivity index (χ3n) is 4.12. The first-order chi connectivity index (χ1) is 8.45. The Hall–Kier alpha value is -1.03. The maximum Gasteiger partial charge on any atom is 0.0786 e. The highest BCUT2D eigenvalue weighted by Crippen LogP contribution is 2.36. The number of hydrogen-bond donors (Lipinski definition) is 2. The summed E-state index contributed by atoms with van der Waals surface area (Å²) >= 11 is 0. The van der Waals surface area contributed by atoms with Gasteiger partial charge in [0, 0.05) is 32.1 Å². The predicted molar refractivity (Wildman–Crippen MR) is 69.5 cm³/mol. The number of H-pyrrole nitrogens is 1. The van der Waals surface area contributed by atoms with Gasteiger partial charge in [0.1, 0.15) is 0 Å². The minimum atomic E-state index is 0.719. The Bertz CT molecular complexity index is 316. The van der Waals surface area contributed by atoms with Crippen molar-refractivity contribution in [2.45, 2.75) is 38.0 Å². The summed E-state index contributed by atoms with van der Waals surface area (Å²) in [5.74, 6) is 0.719. The summed E-state index contributed by atoms with van der Waals surface area (Å²) in [5, 5.41) is 10.9. The summed E-state index contributed by atoms with van der Waals surface area (Å²) in [6, 6.07) is 0. The molecule has 0 amide bonds. The first kappa shape index (κ1) is 11.1. The lowest BCUT2D eigenvalue weighted by molar-refractivity contribution is 0.435. The number of anilines is 1. The van der Waals surface area contributed by atoms with E-state index >= 15 is 0 Å². The minimum Gasteiger partial charge on any atom is -0.366 e. The van der Waals surface area contributed by atoms with E-state index in [-0.39, 0.29) is 0 Å². The summed E-state index contributed by atoms with van der Waals surface area (Å²) in [5.41, 5.74) is 2.75. The van der Waals surface area contributed by atoms with Crippen LogP contribution in [0.3, 0.4) is 0 Å². The van der Waals surface area contributed by atoms with E-state index in [9.17, 15) is 0 Å². The van der Waals surface area contributed by atoms with Crippen molar-refractivity contribution in [2.24, 2.45) is 0 Å². The van der Waals surface area contributed by atoms with Crippen LogP contribution in [0.25, 0.3) is 0 Å². The fourth-order valence-electron chi connectivity index (χ4n) is 3.14. The van der Waals surface area contributed by atoms with Crippen molar-refractivity contribution >= 4 is 5.69 Å². The van der Waals surface area contributed by atoms with Gasteiger partial charge in [-0.05, 0) is 12.8 Å². The molecule has 2 heterocycles. The second-order valence-electron chi connectivity index (χ2n) is 5.24. The van der Waals surface area contributed by atoms with Crippen molar-refractivity contribution in [1.82, 2.24) is 15.5 Å². The zero-order valence-corrected chi connectivity index (χ0v) is 10.4. The van der Waals surface area contributed by atoms with Crippen molar-refractivity contribution in [3.8, 4) is 0 Å². The molecule has 4 nitrogen and oxygen atoms in total. The van der Waals surface area contributed by atoms with E-state index in [1.165, 1.54) is 43.5 Å². The summed E-state index contributed by atoms with van der Waals surface area (Å²) in [7, 11) is 0. The molecule has 4 heteroatoms. The maximum absolute atomic E-state index is 4.29. The van der Waals surface area contributed by atoms with Crippen LogP contribution in [0.4, 0.5) is 5.69 Å². The fraction of sp³-hybridized carbons (Fsp3) is 0.769. The minimum absolute atomic E-state index is 0.719.